The van der Waals surface area contributed by atoms with Crippen LogP contribution in [0.5, 0.6) is 0 Å². The normalized spacial score (nSPS) is 17.6. The highest BCUT2D eigenvalue weighted by Gasteiger charge is 2.46. The molecule has 6 nitrogen and oxygen atoms in total. The van der Waals surface area contributed by atoms with E-state index in [1.54, 1.807) is 12.1 Å². The molecule has 41 heavy (non-hydrogen) atoms. The number of fused-ring (bicyclic) bond motifs is 1. The van der Waals surface area contributed by atoms with Gasteiger partial charge in [-0.25, -0.2) is 8.78 Å². The second-order valence-corrected chi connectivity index (χ2v) is 10.6. The number of nitrogens with two attached hydrogens (primary N) is 1. The molecule has 1 saturated carbocycles. The first-order chi connectivity index (χ1) is 19.4. The third-order valence-corrected chi connectivity index (χ3v) is 7.89. The lowest BCUT2D eigenvalue weighted by atomic mass is 9.90. The molecule has 0 spiro atoms. The van der Waals surface area contributed by atoms with Gasteiger partial charge in [-0.05, 0) is 78.8 Å². The maximum Gasteiger partial charge on any atom is 0.416 e. The summed E-state index contributed by atoms with van der Waals surface area (Å²) in [5.41, 5.74) is 5.54. The topological polar surface area (TPSA) is 95.7 Å². The Hall–Kier alpha value is -3.83. The maximum atomic E-state index is 14.0. The van der Waals surface area contributed by atoms with Crippen molar-refractivity contribution in [3.05, 3.63) is 106 Å². The summed E-state index contributed by atoms with van der Waals surface area (Å²) in [6.45, 7) is 0.00505. The fourth-order valence-corrected chi connectivity index (χ4v) is 5.64. The number of carbonyl (C=O) groups excluding carboxylic acids is 2. The van der Waals surface area contributed by atoms with Crippen LogP contribution in [0.1, 0.15) is 55.8 Å². The van der Waals surface area contributed by atoms with Crippen LogP contribution < -0.4 is 11.1 Å². The van der Waals surface area contributed by atoms with Crippen molar-refractivity contribution in [1.29, 1.82) is 0 Å². The molecule has 2 atom stereocenters. The molecule has 3 aromatic rings. The van der Waals surface area contributed by atoms with Crippen molar-refractivity contribution in [1.82, 2.24) is 10.2 Å². The second kappa shape index (κ2) is 10.9. The standard InChI is InChI=1S/C30H28F5N3O3/c31-20-11-17(12-21(32)15-20)13-25(38-10-7-22-23(27(36)40)5-2-6-24(22)28(38)41)26(39)16-37-29(8-9-29)18-3-1-4-19(14-18)30(33,34)35/h1-6,11-12,14-15,25-26,37,39H,7-10,13,16H2,(H2,36,40)/t25-,26+/m0/s1. The van der Waals surface area contributed by atoms with Gasteiger partial charge in [-0.3, -0.25) is 9.59 Å². The monoisotopic (exact) mass is 573 g/mol. The highest BCUT2D eigenvalue weighted by atomic mass is 19.4. The molecule has 3 aromatic carbocycles. The van der Waals surface area contributed by atoms with Gasteiger partial charge in [-0.1, -0.05) is 18.2 Å². The molecule has 0 aromatic heterocycles. The van der Waals surface area contributed by atoms with E-state index in [1.807, 2.05) is 0 Å². The van der Waals surface area contributed by atoms with E-state index in [-0.39, 0.29) is 42.6 Å². The van der Waals surface area contributed by atoms with E-state index in [0.717, 1.165) is 30.3 Å². The molecule has 0 bridgehead atoms. The molecule has 11 heteroatoms. The number of amides is 2. The predicted octanol–water partition coefficient (Wildman–Crippen LogP) is 4.33. The van der Waals surface area contributed by atoms with Gasteiger partial charge in [0.25, 0.3) is 5.91 Å². The molecule has 1 fully saturated rings. The molecule has 1 aliphatic heterocycles. The van der Waals surface area contributed by atoms with Gasteiger partial charge in [-0.2, -0.15) is 13.2 Å². The number of aliphatic hydroxyl groups excluding tert-OH is 1. The molecular formula is C30H28F5N3O3. The van der Waals surface area contributed by atoms with E-state index in [2.05, 4.69) is 5.32 Å². The largest absolute Gasteiger partial charge is 0.416 e. The van der Waals surface area contributed by atoms with Crippen LogP contribution in [0.25, 0.3) is 0 Å². The quantitative estimate of drug-likeness (QED) is 0.332. The van der Waals surface area contributed by atoms with Crippen molar-refractivity contribution in [3.63, 3.8) is 0 Å². The summed E-state index contributed by atoms with van der Waals surface area (Å²) in [5, 5.41) is 14.6. The summed E-state index contributed by atoms with van der Waals surface area (Å²) in [7, 11) is 0. The van der Waals surface area contributed by atoms with Crippen LogP contribution in [0.4, 0.5) is 22.0 Å². The van der Waals surface area contributed by atoms with Crippen molar-refractivity contribution >= 4 is 11.8 Å². The number of alkyl halides is 3. The Kier molecular flexibility index (Phi) is 7.60. The molecule has 5 rings (SSSR count). The first kappa shape index (κ1) is 28.7. The molecule has 2 amide bonds. The van der Waals surface area contributed by atoms with Crippen LogP contribution in [0.3, 0.4) is 0 Å². The number of primary amides is 1. The number of halogens is 5. The Labute approximate surface area is 233 Å². The lowest BCUT2D eigenvalue weighted by molar-refractivity contribution is -0.137. The van der Waals surface area contributed by atoms with E-state index < -0.39 is 52.9 Å². The number of aliphatic hydroxyl groups is 1. The lowest BCUT2D eigenvalue weighted by Crippen LogP contribution is -2.54. The predicted molar refractivity (Wildman–Crippen MR) is 140 cm³/mol. The summed E-state index contributed by atoms with van der Waals surface area (Å²) >= 11 is 0. The first-order valence-corrected chi connectivity index (χ1v) is 13.2. The average Bonchev–Trinajstić information content (AvgIpc) is 3.71. The molecule has 0 radical (unpaired) electrons. The van der Waals surface area contributed by atoms with Crippen molar-refractivity contribution in [2.75, 3.05) is 13.1 Å². The molecule has 2 aliphatic rings. The van der Waals surface area contributed by atoms with Crippen molar-refractivity contribution in [2.24, 2.45) is 5.73 Å². The zero-order valence-electron chi connectivity index (χ0n) is 21.8. The molecule has 0 unspecified atom stereocenters. The van der Waals surface area contributed by atoms with Gasteiger partial charge in [0.1, 0.15) is 11.6 Å². The number of carbonyl (C=O) groups is 2. The van der Waals surface area contributed by atoms with E-state index in [1.165, 1.54) is 23.1 Å². The van der Waals surface area contributed by atoms with E-state index in [0.29, 0.717) is 24.0 Å². The molecule has 4 N–H and O–H groups in total. The van der Waals surface area contributed by atoms with Gasteiger partial charge in [-0.15, -0.1) is 0 Å². The highest BCUT2D eigenvalue weighted by molar-refractivity contribution is 6.02. The molecule has 216 valence electrons. The number of rotatable bonds is 9. The van der Waals surface area contributed by atoms with Gasteiger partial charge in [0.05, 0.1) is 17.7 Å². The lowest BCUT2D eigenvalue weighted by Gasteiger charge is -2.39. The number of nitrogens with one attached hydrogen (secondary N) is 1. The van der Waals surface area contributed by atoms with E-state index >= 15 is 0 Å². The minimum Gasteiger partial charge on any atom is -0.390 e. The summed E-state index contributed by atoms with van der Waals surface area (Å²) in [4.78, 5) is 26.9. The fourth-order valence-electron chi connectivity index (χ4n) is 5.64. The summed E-state index contributed by atoms with van der Waals surface area (Å²) < 4.78 is 67.9. The third kappa shape index (κ3) is 5.96. The molecule has 0 saturated heterocycles. The van der Waals surface area contributed by atoms with Crippen LogP contribution in [-0.4, -0.2) is 47.1 Å². The van der Waals surface area contributed by atoms with Crippen LogP contribution in [0.15, 0.2) is 60.7 Å². The Morgan fingerprint density at radius 1 is 1.05 bits per heavy atom. The molecular weight excluding hydrogens is 545 g/mol. The van der Waals surface area contributed by atoms with Gasteiger partial charge in [0.2, 0.25) is 5.91 Å². The Balaban J connectivity index is 1.41. The van der Waals surface area contributed by atoms with E-state index in [4.69, 9.17) is 5.73 Å². The number of benzene rings is 3. The zero-order valence-corrected chi connectivity index (χ0v) is 21.8. The fraction of sp³-hybridized carbons (Fsp3) is 0.333. The molecule has 1 aliphatic carbocycles. The van der Waals surface area contributed by atoms with Crippen LogP contribution in [-0.2, 0) is 24.6 Å². The zero-order chi connectivity index (χ0) is 29.5. The minimum atomic E-state index is -4.50. The van der Waals surface area contributed by atoms with Gasteiger partial charge >= 0.3 is 6.18 Å². The van der Waals surface area contributed by atoms with Crippen molar-refractivity contribution < 1.29 is 36.6 Å². The van der Waals surface area contributed by atoms with Crippen molar-refractivity contribution in [3.8, 4) is 0 Å². The van der Waals surface area contributed by atoms with Gasteiger partial charge in [0.15, 0.2) is 0 Å². The number of nitrogens with zero attached hydrogens (tertiary/aromatic N) is 1. The van der Waals surface area contributed by atoms with Gasteiger partial charge in [0, 0.05) is 35.8 Å². The van der Waals surface area contributed by atoms with Crippen LogP contribution in [0, 0.1) is 11.6 Å². The van der Waals surface area contributed by atoms with Gasteiger partial charge < -0.3 is 21.1 Å². The first-order valence-electron chi connectivity index (χ1n) is 13.2. The van der Waals surface area contributed by atoms with Crippen molar-refractivity contribution in [2.45, 2.75) is 49.5 Å². The third-order valence-electron chi connectivity index (χ3n) is 7.89. The smallest absolute Gasteiger partial charge is 0.390 e. The summed E-state index contributed by atoms with van der Waals surface area (Å²) in [5.74, 6) is -2.78. The SMILES string of the molecule is NC(=O)c1cccc2c1CCN([C@@H](Cc1cc(F)cc(F)c1)[C@H](O)CNC1(c3cccc(C(F)(F)F)c3)CC1)C2=O. The number of hydrogen-bond donors (Lipinski definition) is 3. The number of hydrogen-bond acceptors (Lipinski definition) is 4. The highest BCUT2D eigenvalue weighted by Crippen LogP contribution is 2.46. The Bertz CT molecular complexity index is 1470. The van der Waals surface area contributed by atoms with Crippen LogP contribution >= 0.6 is 0 Å². The summed E-state index contributed by atoms with van der Waals surface area (Å²) in [6.07, 6.45) is -4.49. The Morgan fingerprint density at radius 3 is 2.37 bits per heavy atom. The second-order valence-electron chi connectivity index (χ2n) is 10.6. The Morgan fingerprint density at radius 2 is 1.73 bits per heavy atom. The maximum absolute atomic E-state index is 14.0. The van der Waals surface area contributed by atoms with Crippen LogP contribution in [0.2, 0.25) is 0 Å². The molecule has 1 heterocycles. The van der Waals surface area contributed by atoms with E-state index in [9.17, 15) is 36.6 Å². The summed E-state index contributed by atoms with van der Waals surface area (Å²) in [6, 6.07) is 11.6. The average molecular weight is 574 g/mol. The minimum absolute atomic E-state index is 0.0926.